The van der Waals surface area contributed by atoms with Crippen molar-refractivity contribution in [3.05, 3.63) is 60.7 Å². The number of benzene rings is 2. The highest BCUT2D eigenvalue weighted by molar-refractivity contribution is 6.03. The molecule has 0 aliphatic heterocycles. The molecule has 1 N–H and O–H groups in total. The van der Waals surface area contributed by atoms with Crippen LogP contribution < -0.4 is 0 Å². The lowest BCUT2D eigenvalue weighted by Crippen LogP contribution is -1.96. The van der Waals surface area contributed by atoms with E-state index in [4.69, 9.17) is 5.11 Å². The maximum Gasteiger partial charge on any atom is 0.336 e. The summed E-state index contributed by atoms with van der Waals surface area (Å²) in [6.07, 6.45) is 1.11. The molecule has 0 aliphatic rings. The van der Waals surface area contributed by atoms with Crippen LogP contribution in [0.25, 0.3) is 10.8 Å². The molecular weight excluding hydrogens is 244 g/mol. The number of ether oxygens (including phenoxy) is 1. The van der Waals surface area contributed by atoms with E-state index in [0.717, 1.165) is 16.8 Å². The van der Waals surface area contributed by atoms with E-state index in [1.807, 2.05) is 30.3 Å². The number of hydrogen-bond donors (Lipinski definition) is 1. The number of rotatable bonds is 2. The Bertz CT molecular complexity index is 597. The third-order valence-corrected chi connectivity index (χ3v) is 2.39. The predicted octanol–water partition coefficient (Wildman–Crippen LogP) is 2.88. The van der Waals surface area contributed by atoms with Gasteiger partial charge in [0.25, 0.3) is 0 Å². The van der Waals surface area contributed by atoms with Crippen LogP contribution in [0.1, 0.15) is 10.4 Å². The van der Waals surface area contributed by atoms with E-state index in [1.54, 1.807) is 12.1 Å². The van der Waals surface area contributed by atoms with Crippen LogP contribution in [0.2, 0.25) is 0 Å². The molecule has 2 aromatic rings. The minimum absolute atomic E-state index is 0.359. The molecule has 0 unspecified atom stereocenters. The fourth-order valence-corrected chi connectivity index (χ4v) is 1.50. The van der Waals surface area contributed by atoms with Gasteiger partial charge in [-0.15, -0.1) is 0 Å². The summed E-state index contributed by atoms with van der Waals surface area (Å²) in [6.45, 7) is 3.16. The van der Waals surface area contributed by atoms with Crippen molar-refractivity contribution >= 4 is 22.7 Å². The first kappa shape index (κ1) is 14.4. The lowest BCUT2D eigenvalue weighted by atomic mass is 10.1. The van der Waals surface area contributed by atoms with Crippen LogP contribution in [0.3, 0.4) is 0 Å². The predicted molar refractivity (Wildman–Crippen MR) is 73.1 cm³/mol. The number of carboxylic acids is 1. The molecule has 4 heteroatoms. The second-order valence-electron chi connectivity index (χ2n) is 3.56. The van der Waals surface area contributed by atoms with Gasteiger partial charge in [0.05, 0.1) is 12.7 Å². The Balaban J connectivity index is 0.000000258. The van der Waals surface area contributed by atoms with E-state index in [-0.39, 0.29) is 0 Å². The van der Waals surface area contributed by atoms with Gasteiger partial charge in [-0.3, -0.25) is 0 Å². The van der Waals surface area contributed by atoms with Gasteiger partial charge in [-0.2, -0.15) is 0 Å². The molecule has 0 atom stereocenters. The molecule has 0 heterocycles. The van der Waals surface area contributed by atoms with Crippen molar-refractivity contribution in [2.24, 2.45) is 0 Å². The topological polar surface area (TPSA) is 63.6 Å². The van der Waals surface area contributed by atoms with E-state index in [2.05, 4.69) is 11.3 Å². The smallest absolute Gasteiger partial charge is 0.336 e. The summed E-state index contributed by atoms with van der Waals surface area (Å²) < 4.78 is 4.14. The third kappa shape index (κ3) is 3.96. The molecular formula is C15H14O4. The molecule has 0 saturated carbocycles. The van der Waals surface area contributed by atoms with Crippen LogP contribution in [-0.4, -0.2) is 24.2 Å². The first-order valence-electron chi connectivity index (χ1n) is 5.51. The number of methoxy groups -OCH3 is 1. The fraction of sp³-hybridized carbons (Fsp3) is 0.0667. The van der Waals surface area contributed by atoms with Crippen molar-refractivity contribution in [1.29, 1.82) is 0 Å². The van der Waals surface area contributed by atoms with Crippen LogP contribution in [0.4, 0.5) is 0 Å². The Labute approximate surface area is 110 Å². The van der Waals surface area contributed by atoms with E-state index >= 15 is 0 Å². The van der Waals surface area contributed by atoms with Crippen LogP contribution in [0.5, 0.6) is 0 Å². The second-order valence-corrected chi connectivity index (χ2v) is 3.56. The quantitative estimate of drug-likeness (QED) is 0.664. The number of carboxylic acid groups (broad SMARTS) is 1. The normalized spacial score (nSPS) is 9.11. The minimum Gasteiger partial charge on any atom is -0.478 e. The van der Waals surface area contributed by atoms with Gasteiger partial charge >= 0.3 is 11.9 Å². The van der Waals surface area contributed by atoms with Crippen molar-refractivity contribution in [3.8, 4) is 0 Å². The Morgan fingerprint density at radius 3 is 2.32 bits per heavy atom. The molecule has 0 fully saturated rings. The van der Waals surface area contributed by atoms with E-state index in [1.165, 1.54) is 7.11 Å². The molecule has 19 heavy (non-hydrogen) atoms. The summed E-state index contributed by atoms with van der Waals surface area (Å²) >= 11 is 0. The average Bonchev–Trinajstić information content (AvgIpc) is 2.46. The van der Waals surface area contributed by atoms with Gasteiger partial charge in [0, 0.05) is 6.08 Å². The zero-order valence-corrected chi connectivity index (χ0v) is 10.5. The fourth-order valence-electron chi connectivity index (χ4n) is 1.50. The summed E-state index contributed by atoms with van der Waals surface area (Å²) in [5.74, 6) is -1.27. The number of carbonyl (C=O) groups excluding carboxylic acids is 1. The maximum absolute atomic E-state index is 10.8. The molecule has 2 rings (SSSR count). The lowest BCUT2D eigenvalue weighted by molar-refractivity contribution is -0.134. The zero-order valence-electron chi connectivity index (χ0n) is 10.5. The summed E-state index contributed by atoms with van der Waals surface area (Å²) in [6, 6.07) is 12.7. The first-order valence-corrected chi connectivity index (χ1v) is 5.51. The van der Waals surface area contributed by atoms with Crippen LogP contribution in [0, 0.1) is 0 Å². The summed E-state index contributed by atoms with van der Waals surface area (Å²) in [7, 11) is 1.31. The molecule has 0 aromatic heterocycles. The minimum atomic E-state index is -0.878. The van der Waals surface area contributed by atoms with Crippen LogP contribution >= 0.6 is 0 Å². The van der Waals surface area contributed by atoms with Crippen LogP contribution in [-0.2, 0) is 9.53 Å². The second kappa shape index (κ2) is 6.96. The molecule has 0 aliphatic carbocycles. The number of carbonyl (C=O) groups is 2. The zero-order chi connectivity index (χ0) is 14.3. The van der Waals surface area contributed by atoms with Crippen molar-refractivity contribution < 1.29 is 19.4 Å². The number of esters is 1. The third-order valence-electron chi connectivity index (χ3n) is 2.39. The van der Waals surface area contributed by atoms with Gasteiger partial charge < -0.3 is 9.84 Å². The standard InChI is InChI=1S/C11H8O2.C4H6O2/c12-11(13)10-7-3-5-8-4-1-2-6-9(8)10;1-3-4(5)6-2/h1-7H,(H,12,13);3H,1H2,2H3. The highest BCUT2D eigenvalue weighted by Gasteiger charge is 2.05. The van der Waals surface area contributed by atoms with Gasteiger partial charge in [-0.1, -0.05) is 43.0 Å². The summed E-state index contributed by atoms with van der Waals surface area (Å²) in [4.78, 5) is 20.7. The Morgan fingerprint density at radius 1 is 1.16 bits per heavy atom. The summed E-state index contributed by atoms with van der Waals surface area (Å²) in [5, 5.41) is 10.6. The monoisotopic (exact) mass is 258 g/mol. The Kier molecular flexibility index (Phi) is 5.29. The number of fused-ring (bicyclic) bond motifs is 1. The molecule has 2 aromatic carbocycles. The highest BCUT2D eigenvalue weighted by atomic mass is 16.5. The van der Waals surface area contributed by atoms with Crippen molar-refractivity contribution in [1.82, 2.24) is 0 Å². The van der Waals surface area contributed by atoms with E-state index in [9.17, 15) is 9.59 Å². The molecule has 0 radical (unpaired) electrons. The van der Waals surface area contributed by atoms with Crippen molar-refractivity contribution in [2.45, 2.75) is 0 Å². The first-order chi connectivity index (χ1) is 9.10. The van der Waals surface area contributed by atoms with Gasteiger partial charge in [-0.05, 0) is 16.8 Å². The largest absolute Gasteiger partial charge is 0.478 e. The number of aromatic carboxylic acids is 1. The van der Waals surface area contributed by atoms with Gasteiger partial charge in [-0.25, -0.2) is 9.59 Å². The maximum atomic E-state index is 10.8. The molecule has 0 bridgehead atoms. The van der Waals surface area contributed by atoms with Crippen LogP contribution in [0.15, 0.2) is 55.1 Å². The van der Waals surface area contributed by atoms with E-state index in [0.29, 0.717) is 5.56 Å². The molecule has 98 valence electrons. The molecule has 0 amide bonds. The average molecular weight is 258 g/mol. The molecule has 4 nitrogen and oxygen atoms in total. The van der Waals surface area contributed by atoms with Crippen molar-refractivity contribution in [2.75, 3.05) is 7.11 Å². The molecule has 0 spiro atoms. The highest BCUT2D eigenvalue weighted by Crippen LogP contribution is 2.17. The number of hydrogen-bond acceptors (Lipinski definition) is 3. The lowest BCUT2D eigenvalue weighted by Gasteiger charge is -2.00. The van der Waals surface area contributed by atoms with Crippen molar-refractivity contribution in [3.63, 3.8) is 0 Å². The van der Waals surface area contributed by atoms with E-state index < -0.39 is 11.9 Å². The van der Waals surface area contributed by atoms with Gasteiger partial charge in [0.2, 0.25) is 0 Å². The van der Waals surface area contributed by atoms with Gasteiger partial charge in [0.15, 0.2) is 0 Å². The van der Waals surface area contributed by atoms with Gasteiger partial charge in [0.1, 0.15) is 0 Å². The SMILES string of the molecule is C=CC(=O)OC.O=C(O)c1cccc2ccccc12. The molecule has 0 saturated heterocycles. The Morgan fingerprint density at radius 2 is 1.79 bits per heavy atom. The Hall–Kier alpha value is -2.62. The summed E-state index contributed by atoms with van der Waals surface area (Å²) in [5.41, 5.74) is 0.359.